The number of hydroxylamine groups is 2. The molecule has 4 heteroatoms. The van der Waals surface area contributed by atoms with Crippen molar-refractivity contribution in [3.8, 4) is 0 Å². The van der Waals surface area contributed by atoms with Gasteiger partial charge in [0.25, 0.3) is 0 Å². The van der Waals surface area contributed by atoms with Gasteiger partial charge in [0, 0.05) is 12.8 Å². The number of nitrogens with one attached hydrogen (secondary N) is 1. The molecule has 0 aromatic carbocycles. The number of nitrogens with zero attached hydrogens (tertiary/aromatic N) is 2. The van der Waals surface area contributed by atoms with Crippen molar-refractivity contribution in [3.05, 3.63) is 0 Å². The lowest BCUT2D eigenvalue weighted by molar-refractivity contribution is -1.12. The summed E-state index contributed by atoms with van der Waals surface area (Å²) in [5.41, 5.74) is 7.02. The fraction of sp³-hybridized carbons (Fsp3) is 1.00. The first-order valence-corrected chi connectivity index (χ1v) is 4.23. The third-order valence-electron chi connectivity index (χ3n) is 2.07. The predicted octanol–water partition coefficient (Wildman–Crippen LogP) is 1.88. The summed E-state index contributed by atoms with van der Waals surface area (Å²) < 4.78 is 0.205. The second kappa shape index (κ2) is 3.78. The molecule has 0 saturated carbocycles. The standard InChI is InChI=1S/C7H16N3O/c1-2-11-10(9-8)6-4-3-5-7-10/h8H,2-7H2,1H3/q+1. The summed E-state index contributed by atoms with van der Waals surface area (Å²) >= 11 is 0. The van der Waals surface area contributed by atoms with Crippen molar-refractivity contribution >= 4 is 0 Å². The highest BCUT2D eigenvalue weighted by Gasteiger charge is 2.32. The van der Waals surface area contributed by atoms with E-state index < -0.39 is 0 Å². The normalized spacial score (nSPS) is 23.0. The van der Waals surface area contributed by atoms with Gasteiger partial charge in [0.15, 0.2) is 0 Å². The fourth-order valence-corrected chi connectivity index (χ4v) is 1.50. The second-order valence-electron chi connectivity index (χ2n) is 2.87. The molecule has 0 radical (unpaired) electrons. The number of hydrogen-bond donors (Lipinski definition) is 1. The van der Waals surface area contributed by atoms with Crippen LogP contribution in [-0.2, 0) is 4.84 Å². The molecule has 1 saturated heterocycles. The summed E-state index contributed by atoms with van der Waals surface area (Å²) in [6, 6.07) is 0. The molecule has 0 unspecified atom stereocenters. The van der Waals surface area contributed by atoms with E-state index in [1.807, 2.05) is 6.92 Å². The average molecular weight is 158 g/mol. The molecule has 0 aromatic rings. The van der Waals surface area contributed by atoms with Gasteiger partial charge in [0.05, 0.1) is 5.22 Å². The Labute approximate surface area is 67.2 Å². The highest BCUT2D eigenvalue weighted by Crippen LogP contribution is 2.19. The molecule has 1 heterocycles. The molecule has 1 aliphatic rings. The maximum atomic E-state index is 7.02. The highest BCUT2D eigenvalue weighted by atomic mass is 16.7. The van der Waals surface area contributed by atoms with Gasteiger partial charge >= 0.3 is 0 Å². The van der Waals surface area contributed by atoms with E-state index in [2.05, 4.69) is 5.22 Å². The lowest BCUT2D eigenvalue weighted by atomic mass is 10.2. The summed E-state index contributed by atoms with van der Waals surface area (Å²) in [5, 5.41) is 3.53. The first-order valence-electron chi connectivity index (χ1n) is 4.23. The molecule has 0 spiro atoms. The number of quaternary nitrogens is 1. The molecular formula is C7H16N3O+. The van der Waals surface area contributed by atoms with Gasteiger partial charge in [0.1, 0.15) is 19.7 Å². The Bertz CT molecular complexity index is 126. The summed E-state index contributed by atoms with van der Waals surface area (Å²) in [6.45, 7) is 4.33. The smallest absolute Gasteiger partial charge is 0.138 e. The van der Waals surface area contributed by atoms with Gasteiger partial charge in [-0.1, -0.05) is 0 Å². The summed E-state index contributed by atoms with van der Waals surface area (Å²) in [7, 11) is 0. The van der Waals surface area contributed by atoms with E-state index in [4.69, 9.17) is 10.4 Å². The van der Waals surface area contributed by atoms with E-state index >= 15 is 0 Å². The zero-order valence-electron chi connectivity index (χ0n) is 7.05. The van der Waals surface area contributed by atoms with Gasteiger partial charge in [-0.05, 0) is 18.1 Å². The van der Waals surface area contributed by atoms with Crippen molar-refractivity contribution in [3.63, 3.8) is 0 Å². The Morgan fingerprint density at radius 3 is 2.45 bits per heavy atom. The zero-order valence-corrected chi connectivity index (χ0v) is 7.05. The summed E-state index contributed by atoms with van der Waals surface area (Å²) in [5.74, 6) is 0. The van der Waals surface area contributed by atoms with E-state index in [0.29, 0.717) is 6.61 Å². The van der Waals surface area contributed by atoms with Crippen LogP contribution in [0.2, 0.25) is 0 Å². The monoisotopic (exact) mass is 158 g/mol. The second-order valence-corrected chi connectivity index (χ2v) is 2.87. The van der Waals surface area contributed by atoms with Crippen LogP contribution in [0.3, 0.4) is 0 Å². The number of hydrogen-bond acceptors (Lipinski definition) is 3. The Morgan fingerprint density at radius 1 is 1.36 bits per heavy atom. The van der Waals surface area contributed by atoms with E-state index in [-0.39, 0.29) is 4.76 Å². The van der Waals surface area contributed by atoms with Crippen LogP contribution in [0.1, 0.15) is 26.2 Å². The maximum absolute atomic E-state index is 7.02. The largest absolute Gasteiger partial charge is 0.173 e. The van der Waals surface area contributed by atoms with E-state index in [1.54, 1.807) is 0 Å². The molecule has 1 N–H and O–H groups in total. The topological polar surface area (TPSA) is 45.4 Å². The van der Waals surface area contributed by atoms with Crippen molar-refractivity contribution in [2.75, 3.05) is 19.7 Å². The Hall–Kier alpha value is -0.480. The van der Waals surface area contributed by atoms with Crippen molar-refractivity contribution in [2.45, 2.75) is 26.2 Å². The van der Waals surface area contributed by atoms with Gasteiger partial charge in [-0.3, -0.25) is 0 Å². The Kier molecular flexibility index (Phi) is 2.96. The molecule has 1 rings (SSSR count). The van der Waals surface area contributed by atoms with Crippen LogP contribution in [0, 0.1) is 5.53 Å². The zero-order chi connectivity index (χ0) is 8.16. The molecule has 1 aliphatic heterocycles. The lowest BCUT2D eigenvalue weighted by Crippen LogP contribution is -2.46. The Morgan fingerprint density at radius 2 is 2.00 bits per heavy atom. The van der Waals surface area contributed by atoms with Gasteiger partial charge in [-0.25, -0.2) is 0 Å². The molecule has 64 valence electrons. The third kappa shape index (κ3) is 1.97. The van der Waals surface area contributed by atoms with Crippen LogP contribution in [0.15, 0.2) is 5.22 Å². The highest BCUT2D eigenvalue weighted by molar-refractivity contribution is 4.46. The minimum Gasteiger partial charge on any atom is -0.173 e. The van der Waals surface area contributed by atoms with Gasteiger partial charge in [-0.15, -0.1) is 0 Å². The SMILES string of the molecule is CCO[N+]1(N=N)CCCCC1. The van der Waals surface area contributed by atoms with Gasteiger partial charge in [0.2, 0.25) is 0 Å². The minimum absolute atomic E-state index is 0.205. The van der Waals surface area contributed by atoms with E-state index in [9.17, 15) is 0 Å². The lowest BCUT2D eigenvalue weighted by Gasteiger charge is -2.29. The van der Waals surface area contributed by atoms with Gasteiger partial charge in [-0.2, -0.15) is 10.4 Å². The van der Waals surface area contributed by atoms with Crippen molar-refractivity contribution in [2.24, 2.45) is 5.22 Å². The molecular weight excluding hydrogens is 142 g/mol. The van der Waals surface area contributed by atoms with Crippen LogP contribution in [-0.4, -0.2) is 24.5 Å². The van der Waals surface area contributed by atoms with Crippen LogP contribution >= 0.6 is 0 Å². The molecule has 1 fully saturated rings. The third-order valence-corrected chi connectivity index (χ3v) is 2.07. The minimum atomic E-state index is 0.205. The first kappa shape index (κ1) is 8.62. The molecule has 0 aromatic heterocycles. The van der Waals surface area contributed by atoms with Crippen molar-refractivity contribution < 1.29 is 9.59 Å². The number of rotatable bonds is 3. The summed E-state index contributed by atoms with van der Waals surface area (Å²) in [4.78, 5) is 5.40. The fourth-order valence-electron chi connectivity index (χ4n) is 1.50. The van der Waals surface area contributed by atoms with Crippen LogP contribution in [0.5, 0.6) is 0 Å². The van der Waals surface area contributed by atoms with E-state index in [0.717, 1.165) is 25.9 Å². The Balaban J connectivity index is 2.49. The van der Waals surface area contributed by atoms with Crippen molar-refractivity contribution in [1.29, 1.82) is 5.53 Å². The predicted molar refractivity (Wildman–Crippen MR) is 40.6 cm³/mol. The average Bonchev–Trinajstić information content (AvgIpc) is 2.07. The number of piperidine rings is 1. The van der Waals surface area contributed by atoms with Crippen LogP contribution < -0.4 is 0 Å². The van der Waals surface area contributed by atoms with Gasteiger partial charge < -0.3 is 0 Å². The van der Waals surface area contributed by atoms with Crippen LogP contribution in [0.4, 0.5) is 0 Å². The van der Waals surface area contributed by atoms with E-state index in [1.165, 1.54) is 6.42 Å². The quantitative estimate of drug-likeness (QED) is 0.494. The maximum Gasteiger partial charge on any atom is 0.138 e. The summed E-state index contributed by atoms with van der Waals surface area (Å²) in [6.07, 6.45) is 3.51. The molecule has 4 nitrogen and oxygen atoms in total. The molecule has 0 aliphatic carbocycles. The molecule has 11 heavy (non-hydrogen) atoms. The molecule has 0 atom stereocenters. The van der Waals surface area contributed by atoms with Crippen LogP contribution in [0.25, 0.3) is 0 Å². The van der Waals surface area contributed by atoms with Crippen molar-refractivity contribution in [1.82, 2.24) is 0 Å². The molecule has 0 amide bonds. The molecule has 0 bridgehead atoms. The first-order chi connectivity index (χ1) is 5.33.